The number of nitrogens with zero attached hydrogens (tertiary/aromatic N) is 3. The fourth-order valence-electron chi connectivity index (χ4n) is 2.90. The molecule has 0 bridgehead atoms. The van der Waals surface area contributed by atoms with Crippen molar-refractivity contribution in [3.8, 4) is 0 Å². The summed E-state index contributed by atoms with van der Waals surface area (Å²) in [7, 11) is 0. The van der Waals surface area contributed by atoms with Crippen molar-refractivity contribution in [2.75, 3.05) is 44.6 Å². The highest BCUT2D eigenvalue weighted by atomic mass is 35.5. The van der Waals surface area contributed by atoms with Crippen LogP contribution in [-0.2, 0) is 11.2 Å². The Hall–Kier alpha value is -1.47. The molecule has 2 aromatic rings. The van der Waals surface area contributed by atoms with E-state index < -0.39 is 0 Å². The molecule has 0 aliphatic carbocycles. The summed E-state index contributed by atoms with van der Waals surface area (Å²) in [5, 5.41) is 4.32. The summed E-state index contributed by atoms with van der Waals surface area (Å²) >= 11 is 7.70. The second kappa shape index (κ2) is 8.76. The summed E-state index contributed by atoms with van der Waals surface area (Å²) in [6.45, 7) is 7.62. The zero-order valence-corrected chi connectivity index (χ0v) is 15.9. The number of rotatable bonds is 6. The molecule has 5 nitrogen and oxygen atoms in total. The quantitative estimate of drug-likeness (QED) is 0.839. The number of carbonyl (C=O) groups excluding carboxylic acids is 1. The number of amides is 1. The first-order chi connectivity index (χ1) is 12.1. The molecule has 1 saturated heterocycles. The molecule has 0 saturated carbocycles. The smallest absolute Gasteiger partial charge is 0.240 e. The molecular weight excluding hydrogens is 356 g/mol. The van der Waals surface area contributed by atoms with E-state index in [0.29, 0.717) is 11.7 Å². The van der Waals surface area contributed by atoms with Crippen LogP contribution in [0.3, 0.4) is 0 Å². The van der Waals surface area contributed by atoms with Crippen LogP contribution in [0.2, 0.25) is 5.02 Å². The first-order valence-electron chi connectivity index (χ1n) is 8.56. The number of hydrogen-bond acceptors (Lipinski definition) is 5. The largest absolute Gasteiger partial charge is 0.301 e. The average molecular weight is 379 g/mol. The normalized spacial score (nSPS) is 16.1. The fourth-order valence-corrected chi connectivity index (χ4v) is 3.96. The Labute approximate surface area is 157 Å². The summed E-state index contributed by atoms with van der Waals surface area (Å²) in [6, 6.07) is 7.79. The van der Waals surface area contributed by atoms with Crippen molar-refractivity contribution in [1.29, 1.82) is 0 Å². The molecule has 3 rings (SSSR count). The van der Waals surface area contributed by atoms with Gasteiger partial charge in [0, 0.05) is 48.7 Å². The molecule has 0 atom stereocenters. The summed E-state index contributed by atoms with van der Waals surface area (Å²) < 4.78 is 0. The molecule has 1 aromatic heterocycles. The van der Waals surface area contributed by atoms with Gasteiger partial charge in [0.25, 0.3) is 0 Å². The van der Waals surface area contributed by atoms with Gasteiger partial charge in [0.2, 0.25) is 5.91 Å². The van der Waals surface area contributed by atoms with Gasteiger partial charge in [-0.05, 0) is 18.2 Å². The van der Waals surface area contributed by atoms with Gasteiger partial charge < -0.3 is 10.2 Å². The molecule has 0 radical (unpaired) electrons. The van der Waals surface area contributed by atoms with Crippen LogP contribution >= 0.6 is 22.9 Å². The van der Waals surface area contributed by atoms with Crippen LogP contribution in [0.15, 0.2) is 30.5 Å². The Morgan fingerprint density at radius 3 is 2.68 bits per heavy atom. The highest BCUT2D eigenvalue weighted by Gasteiger charge is 2.18. The lowest BCUT2D eigenvalue weighted by Crippen LogP contribution is -2.48. The lowest BCUT2D eigenvalue weighted by Gasteiger charge is -2.33. The lowest BCUT2D eigenvalue weighted by molar-refractivity contribution is -0.117. The van der Waals surface area contributed by atoms with Crippen molar-refractivity contribution in [2.45, 2.75) is 13.3 Å². The van der Waals surface area contributed by atoms with E-state index in [1.165, 1.54) is 11.3 Å². The summed E-state index contributed by atoms with van der Waals surface area (Å²) in [5.74, 6) is 0.00333. The summed E-state index contributed by atoms with van der Waals surface area (Å²) in [5.41, 5.74) is 1.07. The van der Waals surface area contributed by atoms with Gasteiger partial charge in [-0.2, -0.15) is 0 Å². The molecule has 1 aliphatic rings. The molecule has 1 N–H and O–H groups in total. The van der Waals surface area contributed by atoms with E-state index in [2.05, 4.69) is 27.0 Å². The Bertz CT molecular complexity index is 713. The topological polar surface area (TPSA) is 48.5 Å². The Kier molecular flexibility index (Phi) is 6.42. The third-order valence-corrected chi connectivity index (χ3v) is 5.68. The third kappa shape index (κ3) is 5.25. The van der Waals surface area contributed by atoms with Gasteiger partial charge in [-0.3, -0.25) is 9.69 Å². The van der Waals surface area contributed by atoms with Crippen molar-refractivity contribution >= 4 is 34.0 Å². The van der Waals surface area contributed by atoms with E-state index in [9.17, 15) is 4.79 Å². The number of thiazole rings is 1. The van der Waals surface area contributed by atoms with Gasteiger partial charge in [-0.15, -0.1) is 11.3 Å². The van der Waals surface area contributed by atoms with Gasteiger partial charge in [0.05, 0.1) is 6.54 Å². The standard InChI is InChI=1S/C18H23ClN4OS/c1-2-22-7-9-23(10-8-22)13-17(24)21-18-20-12-15(25-18)11-14-5-3-4-6-16(14)19/h3-6,12H,2,7-11,13H2,1H3,(H,20,21,24). The van der Waals surface area contributed by atoms with Crippen molar-refractivity contribution in [3.63, 3.8) is 0 Å². The highest BCUT2D eigenvalue weighted by molar-refractivity contribution is 7.15. The van der Waals surface area contributed by atoms with Crippen LogP contribution < -0.4 is 5.32 Å². The SMILES string of the molecule is CCN1CCN(CC(=O)Nc2ncc(Cc3ccccc3Cl)s2)CC1. The van der Waals surface area contributed by atoms with Crippen molar-refractivity contribution in [3.05, 3.63) is 45.9 Å². The van der Waals surface area contributed by atoms with Crippen molar-refractivity contribution in [2.24, 2.45) is 0 Å². The second-order valence-electron chi connectivity index (χ2n) is 6.16. The molecular formula is C18H23ClN4OS. The van der Waals surface area contributed by atoms with Crippen LogP contribution in [0.5, 0.6) is 0 Å². The van der Waals surface area contributed by atoms with Crippen molar-refractivity contribution in [1.82, 2.24) is 14.8 Å². The van der Waals surface area contributed by atoms with E-state index in [1.807, 2.05) is 30.5 Å². The van der Waals surface area contributed by atoms with Crippen LogP contribution in [-0.4, -0.2) is 60.0 Å². The number of halogens is 1. The maximum atomic E-state index is 12.2. The van der Waals surface area contributed by atoms with E-state index in [4.69, 9.17) is 11.6 Å². The van der Waals surface area contributed by atoms with Gasteiger partial charge in [-0.25, -0.2) is 4.98 Å². The average Bonchev–Trinajstić information content (AvgIpc) is 3.04. The molecule has 1 aromatic carbocycles. The Morgan fingerprint density at radius 1 is 1.24 bits per heavy atom. The Morgan fingerprint density at radius 2 is 1.96 bits per heavy atom. The monoisotopic (exact) mass is 378 g/mol. The van der Waals surface area contributed by atoms with Gasteiger partial charge in [0.1, 0.15) is 0 Å². The fraction of sp³-hybridized carbons (Fsp3) is 0.444. The van der Waals surface area contributed by atoms with Gasteiger partial charge in [0.15, 0.2) is 5.13 Å². The maximum absolute atomic E-state index is 12.2. The highest BCUT2D eigenvalue weighted by Crippen LogP contribution is 2.24. The number of nitrogens with one attached hydrogen (secondary N) is 1. The maximum Gasteiger partial charge on any atom is 0.240 e. The van der Waals surface area contributed by atoms with Crippen LogP contribution in [0.4, 0.5) is 5.13 Å². The van der Waals surface area contributed by atoms with Crippen LogP contribution in [0.25, 0.3) is 0 Å². The predicted octanol–water partition coefficient (Wildman–Crippen LogP) is 2.96. The number of piperazine rings is 1. The first kappa shape index (κ1) is 18.3. The summed E-state index contributed by atoms with van der Waals surface area (Å²) in [4.78, 5) is 22.2. The number of benzene rings is 1. The zero-order chi connectivity index (χ0) is 17.6. The molecule has 1 amide bonds. The number of aromatic nitrogens is 1. The predicted molar refractivity (Wildman–Crippen MR) is 104 cm³/mol. The van der Waals surface area contributed by atoms with Crippen LogP contribution in [0, 0.1) is 0 Å². The molecule has 7 heteroatoms. The third-order valence-electron chi connectivity index (χ3n) is 4.40. The number of carbonyl (C=O) groups is 1. The van der Waals surface area contributed by atoms with E-state index in [-0.39, 0.29) is 5.91 Å². The molecule has 25 heavy (non-hydrogen) atoms. The number of hydrogen-bond donors (Lipinski definition) is 1. The minimum atomic E-state index is 0.00333. The lowest BCUT2D eigenvalue weighted by atomic mass is 10.1. The van der Waals surface area contributed by atoms with E-state index >= 15 is 0 Å². The van der Waals surface area contributed by atoms with Gasteiger partial charge in [-0.1, -0.05) is 36.7 Å². The number of likely N-dealkylation sites (N-methyl/N-ethyl adjacent to an activating group) is 1. The molecule has 1 aliphatic heterocycles. The minimum Gasteiger partial charge on any atom is -0.301 e. The number of anilines is 1. The zero-order valence-electron chi connectivity index (χ0n) is 14.4. The Balaban J connectivity index is 1.49. The molecule has 2 heterocycles. The van der Waals surface area contributed by atoms with E-state index in [0.717, 1.165) is 54.6 Å². The second-order valence-corrected chi connectivity index (χ2v) is 7.68. The molecule has 134 valence electrons. The van der Waals surface area contributed by atoms with Crippen molar-refractivity contribution < 1.29 is 4.79 Å². The van der Waals surface area contributed by atoms with Gasteiger partial charge >= 0.3 is 0 Å². The minimum absolute atomic E-state index is 0.00333. The summed E-state index contributed by atoms with van der Waals surface area (Å²) in [6.07, 6.45) is 2.54. The van der Waals surface area contributed by atoms with E-state index in [1.54, 1.807) is 0 Å². The molecule has 1 fully saturated rings. The molecule has 0 spiro atoms. The van der Waals surface area contributed by atoms with Crippen LogP contribution in [0.1, 0.15) is 17.4 Å². The first-order valence-corrected chi connectivity index (χ1v) is 9.76. The molecule has 0 unspecified atom stereocenters.